The second kappa shape index (κ2) is 7.97. The Bertz CT molecular complexity index is 1060. The summed E-state index contributed by atoms with van der Waals surface area (Å²) in [7, 11) is 0. The van der Waals surface area contributed by atoms with Gasteiger partial charge in [0.1, 0.15) is 11.5 Å². The molecule has 0 aliphatic carbocycles. The van der Waals surface area contributed by atoms with Gasteiger partial charge in [-0.2, -0.15) is 13.2 Å². The number of urea groups is 1. The van der Waals surface area contributed by atoms with Crippen LogP contribution in [0.15, 0.2) is 54.7 Å². The van der Waals surface area contributed by atoms with E-state index in [0.29, 0.717) is 36.8 Å². The maximum Gasteiger partial charge on any atom is 0.433 e. The van der Waals surface area contributed by atoms with Crippen molar-refractivity contribution in [1.29, 1.82) is 0 Å². The van der Waals surface area contributed by atoms with Gasteiger partial charge in [-0.1, -0.05) is 12.1 Å². The predicted octanol–water partition coefficient (Wildman–Crippen LogP) is 4.41. The number of nitrogens with zero attached hydrogens (tertiary/aromatic N) is 4. The number of carbonyl (C=O) groups excluding carboxylic acids is 1. The lowest BCUT2D eigenvalue weighted by atomic mass is 10.2. The van der Waals surface area contributed by atoms with Crippen LogP contribution in [0.2, 0.25) is 0 Å². The number of rotatable bonds is 2. The van der Waals surface area contributed by atoms with Crippen LogP contribution in [0.3, 0.4) is 0 Å². The number of halogens is 3. The maximum absolute atomic E-state index is 13.0. The Morgan fingerprint density at radius 3 is 2.63 bits per heavy atom. The van der Waals surface area contributed by atoms with E-state index in [0.717, 1.165) is 6.07 Å². The van der Waals surface area contributed by atoms with Gasteiger partial charge >= 0.3 is 12.2 Å². The molecule has 0 saturated carbocycles. The third-order valence-corrected chi connectivity index (χ3v) is 4.45. The molecular weight excluding hydrogens is 397 g/mol. The standard InChI is InChI=1S/C20H17F3N6O/c21-20(22,23)16-6-3-5-13(26-16)14-8-9-15-18(27-14)29(12-4-11-24-15)19(30)28-17-7-1-2-10-25-17/h1-3,5-10,24H,4,11-12H2,(H,25,28,30). The molecule has 0 unspecified atom stereocenters. The highest BCUT2D eigenvalue weighted by atomic mass is 19.4. The van der Waals surface area contributed by atoms with Crippen LogP contribution >= 0.6 is 0 Å². The number of nitrogens with one attached hydrogen (secondary N) is 2. The molecule has 154 valence electrons. The lowest BCUT2D eigenvalue weighted by Gasteiger charge is -2.22. The highest BCUT2D eigenvalue weighted by molar-refractivity contribution is 6.02. The Labute approximate surface area is 170 Å². The van der Waals surface area contributed by atoms with Crippen molar-refractivity contribution in [3.8, 4) is 11.4 Å². The third kappa shape index (κ3) is 4.17. The molecule has 0 radical (unpaired) electrons. The molecule has 2 N–H and O–H groups in total. The fourth-order valence-corrected chi connectivity index (χ4v) is 3.05. The first-order valence-electron chi connectivity index (χ1n) is 9.21. The van der Waals surface area contributed by atoms with E-state index >= 15 is 0 Å². The van der Waals surface area contributed by atoms with Crippen LogP contribution in [-0.4, -0.2) is 34.1 Å². The largest absolute Gasteiger partial charge is 0.433 e. The number of hydrogen-bond acceptors (Lipinski definition) is 5. The van der Waals surface area contributed by atoms with Crippen LogP contribution in [0.4, 0.5) is 35.3 Å². The van der Waals surface area contributed by atoms with Crippen molar-refractivity contribution in [3.05, 3.63) is 60.4 Å². The normalized spacial score (nSPS) is 13.8. The minimum absolute atomic E-state index is 0.0713. The topological polar surface area (TPSA) is 83.0 Å². The first-order valence-corrected chi connectivity index (χ1v) is 9.21. The zero-order valence-corrected chi connectivity index (χ0v) is 15.6. The molecule has 0 bridgehead atoms. The van der Waals surface area contributed by atoms with Gasteiger partial charge in [-0.05, 0) is 42.8 Å². The molecular formula is C20H17F3N6O. The van der Waals surface area contributed by atoms with Gasteiger partial charge in [-0.15, -0.1) is 0 Å². The number of pyridine rings is 3. The summed E-state index contributed by atoms with van der Waals surface area (Å²) < 4.78 is 39.1. The Balaban J connectivity index is 1.69. The van der Waals surface area contributed by atoms with Crippen molar-refractivity contribution in [2.45, 2.75) is 12.6 Å². The number of anilines is 3. The SMILES string of the molecule is O=C(Nc1ccccn1)N1CCCNc2ccc(-c3cccc(C(F)(F)F)n3)nc21. The summed E-state index contributed by atoms with van der Waals surface area (Å²) in [5, 5.41) is 5.90. The van der Waals surface area contributed by atoms with E-state index < -0.39 is 17.9 Å². The molecule has 0 aromatic carbocycles. The van der Waals surface area contributed by atoms with Gasteiger partial charge in [0, 0.05) is 19.3 Å². The first kappa shape index (κ1) is 19.6. The number of carbonyl (C=O) groups is 1. The summed E-state index contributed by atoms with van der Waals surface area (Å²) in [4.78, 5) is 26.5. The van der Waals surface area contributed by atoms with Crippen molar-refractivity contribution in [1.82, 2.24) is 15.0 Å². The summed E-state index contributed by atoms with van der Waals surface area (Å²) in [5.74, 6) is 0.703. The van der Waals surface area contributed by atoms with Gasteiger partial charge < -0.3 is 5.32 Å². The van der Waals surface area contributed by atoms with Crippen LogP contribution in [0.1, 0.15) is 12.1 Å². The molecule has 0 fully saturated rings. The summed E-state index contributed by atoms with van der Waals surface area (Å²) >= 11 is 0. The Morgan fingerprint density at radius 2 is 1.87 bits per heavy atom. The van der Waals surface area contributed by atoms with E-state index in [1.807, 2.05) is 0 Å². The van der Waals surface area contributed by atoms with Gasteiger partial charge in [-0.25, -0.2) is 19.7 Å². The zero-order valence-electron chi connectivity index (χ0n) is 15.6. The van der Waals surface area contributed by atoms with E-state index in [9.17, 15) is 18.0 Å². The van der Waals surface area contributed by atoms with Crippen molar-refractivity contribution in [3.63, 3.8) is 0 Å². The fourth-order valence-electron chi connectivity index (χ4n) is 3.05. The average molecular weight is 414 g/mol. The monoisotopic (exact) mass is 414 g/mol. The molecule has 7 nitrogen and oxygen atoms in total. The lowest BCUT2D eigenvalue weighted by molar-refractivity contribution is -0.141. The number of fused-ring (bicyclic) bond motifs is 1. The maximum atomic E-state index is 13.0. The Morgan fingerprint density at radius 1 is 1.03 bits per heavy atom. The fraction of sp³-hybridized carbons (Fsp3) is 0.200. The summed E-state index contributed by atoms with van der Waals surface area (Å²) in [6, 6.07) is 11.6. The highest BCUT2D eigenvalue weighted by Crippen LogP contribution is 2.32. The Kier molecular flexibility index (Phi) is 5.21. The van der Waals surface area contributed by atoms with Crippen LogP contribution in [0.5, 0.6) is 0 Å². The average Bonchev–Trinajstić information content (AvgIpc) is 2.96. The molecule has 0 saturated heterocycles. The quantitative estimate of drug-likeness (QED) is 0.649. The molecule has 4 rings (SSSR count). The molecule has 3 aromatic heterocycles. The van der Waals surface area contributed by atoms with E-state index in [1.165, 1.54) is 17.0 Å². The number of hydrogen-bond donors (Lipinski definition) is 2. The third-order valence-electron chi connectivity index (χ3n) is 4.45. The number of amides is 2. The van der Waals surface area contributed by atoms with Gasteiger partial charge in [-0.3, -0.25) is 10.2 Å². The molecule has 1 aliphatic rings. The number of alkyl halides is 3. The molecule has 3 aromatic rings. The summed E-state index contributed by atoms with van der Waals surface area (Å²) in [6.07, 6.45) is -2.33. The zero-order chi connectivity index (χ0) is 21.1. The van der Waals surface area contributed by atoms with Crippen molar-refractivity contribution < 1.29 is 18.0 Å². The van der Waals surface area contributed by atoms with E-state index in [-0.39, 0.29) is 11.4 Å². The van der Waals surface area contributed by atoms with E-state index in [4.69, 9.17) is 0 Å². The van der Waals surface area contributed by atoms with Gasteiger partial charge in [0.2, 0.25) is 0 Å². The minimum Gasteiger partial charge on any atom is -0.382 e. The number of aromatic nitrogens is 3. The van der Waals surface area contributed by atoms with Crippen molar-refractivity contribution in [2.24, 2.45) is 0 Å². The van der Waals surface area contributed by atoms with E-state index in [2.05, 4.69) is 25.6 Å². The minimum atomic E-state index is -4.56. The predicted molar refractivity (Wildman–Crippen MR) is 106 cm³/mol. The van der Waals surface area contributed by atoms with Crippen LogP contribution in [-0.2, 0) is 6.18 Å². The molecule has 0 spiro atoms. The second-order valence-electron chi connectivity index (χ2n) is 6.55. The Hall–Kier alpha value is -3.69. The van der Waals surface area contributed by atoms with E-state index in [1.54, 1.807) is 36.5 Å². The molecule has 2 amide bonds. The van der Waals surface area contributed by atoms with Crippen molar-refractivity contribution >= 4 is 23.4 Å². The van der Waals surface area contributed by atoms with Gasteiger partial charge in [0.15, 0.2) is 5.82 Å². The highest BCUT2D eigenvalue weighted by Gasteiger charge is 2.32. The van der Waals surface area contributed by atoms with Crippen molar-refractivity contribution in [2.75, 3.05) is 28.6 Å². The van der Waals surface area contributed by atoms with Gasteiger partial charge in [0.25, 0.3) is 0 Å². The van der Waals surface area contributed by atoms with Crippen LogP contribution < -0.4 is 15.5 Å². The summed E-state index contributed by atoms with van der Waals surface area (Å²) in [6.45, 7) is 1.01. The lowest BCUT2D eigenvalue weighted by Crippen LogP contribution is -2.36. The van der Waals surface area contributed by atoms with Crippen LogP contribution in [0, 0.1) is 0 Å². The summed E-state index contributed by atoms with van der Waals surface area (Å²) in [5.41, 5.74) is -0.0832. The van der Waals surface area contributed by atoms with Gasteiger partial charge in [0.05, 0.1) is 17.1 Å². The molecule has 10 heteroatoms. The smallest absolute Gasteiger partial charge is 0.382 e. The molecule has 4 heterocycles. The van der Waals surface area contributed by atoms with Crippen LogP contribution in [0.25, 0.3) is 11.4 Å². The first-order chi connectivity index (χ1) is 14.4. The molecule has 0 atom stereocenters. The second-order valence-corrected chi connectivity index (χ2v) is 6.55. The molecule has 1 aliphatic heterocycles. The molecule has 30 heavy (non-hydrogen) atoms.